The Morgan fingerprint density at radius 1 is 1.00 bits per heavy atom. The van der Waals surface area contributed by atoms with Crippen LogP contribution in [0.4, 0.5) is 0 Å². The zero-order valence-electron chi connectivity index (χ0n) is 6.73. The molecule has 0 N–H and O–H groups in total. The minimum atomic E-state index is -0.109. The lowest BCUT2D eigenvalue weighted by molar-refractivity contribution is 0.0539. The summed E-state index contributed by atoms with van der Waals surface area (Å²) in [4.78, 5) is 0. The lowest BCUT2D eigenvalue weighted by Crippen LogP contribution is -2.38. The molecule has 0 fully saturated rings. The summed E-state index contributed by atoms with van der Waals surface area (Å²) in [5, 5.41) is 0. The van der Waals surface area contributed by atoms with Gasteiger partial charge < -0.3 is 4.74 Å². The van der Waals surface area contributed by atoms with Crippen LogP contribution in [0, 0.1) is 5.41 Å². The van der Waals surface area contributed by atoms with Crippen LogP contribution in [0.3, 0.4) is 0 Å². The second-order valence-electron chi connectivity index (χ2n) is 3.57. The molecule has 0 bridgehead atoms. The number of hydrogen-bond acceptors (Lipinski definition) is 1. The van der Waals surface area contributed by atoms with Gasteiger partial charge in [0.25, 0.3) is 0 Å². The highest BCUT2D eigenvalue weighted by molar-refractivity contribution is 5.44. The molecule has 1 heteroatoms. The molecule has 0 aromatic carbocycles. The summed E-state index contributed by atoms with van der Waals surface area (Å²) < 4.78 is 5.68. The summed E-state index contributed by atoms with van der Waals surface area (Å²) in [6, 6.07) is 0. The Bertz CT molecular complexity index is 315. The third-order valence-electron chi connectivity index (χ3n) is 3.02. The second-order valence-corrected chi connectivity index (χ2v) is 3.57. The Balaban J connectivity index is 2.23. The number of rotatable bonds is 0. The van der Waals surface area contributed by atoms with Crippen LogP contribution in [0.1, 0.15) is 6.42 Å². The highest BCUT2D eigenvalue weighted by atomic mass is 16.5. The maximum absolute atomic E-state index is 5.68. The second kappa shape index (κ2) is 1.74. The fourth-order valence-electron chi connectivity index (χ4n) is 2.29. The van der Waals surface area contributed by atoms with E-state index in [1.54, 1.807) is 0 Å². The van der Waals surface area contributed by atoms with Crippen LogP contribution in [0.5, 0.6) is 0 Å². The molecule has 3 rings (SSSR count). The first-order chi connectivity index (χ1) is 5.87. The van der Waals surface area contributed by atoms with Crippen LogP contribution in [0.15, 0.2) is 48.8 Å². The maximum Gasteiger partial charge on any atom is 0.146 e. The fourth-order valence-corrected chi connectivity index (χ4v) is 2.29. The van der Waals surface area contributed by atoms with Gasteiger partial charge in [-0.3, -0.25) is 0 Å². The predicted octanol–water partition coefficient (Wildman–Crippen LogP) is 2.34. The van der Waals surface area contributed by atoms with Gasteiger partial charge >= 0.3 is 0 Å². The van der Waals surface area contributed by atoms with Gasteiger partial charge in [-0.2, -0.15) is 0 Å². The van der Waals surface area contributed by atoms with Gasteiger partial charge in [-0.05, 0) is 12.2 Å². The summed E-state index contributed by atoms with van der Waals surface area (Å²) in [5.41, 5.74) is -0.0799. The van der Waals surface area contributed by atoms with Gasteiger partial charge in [-0.25, -0.2) is 0 Å². The van der Waals surface area contributed by atoms with Crippen molar-refractivity contribution in [3.63, 3.8) is 0 Å². The first kappa shape index (κ1) is 6.30. The van der Waals surface area contributed by atoms with Gasteiger partial charge in [-0.1, -0.05) is 30.4 Å². The van der Waals surface area contributed by atoms with Crippen LogP contribution in [-0.2, 0) is 4.74 Å². The minimum Gasteiger partial charge on any atom is -0.489 e. The molecule has 1 nitrogen and oxygen atoms in total. The van der Waals surface area contributed by atoms with Gasteiger partial charge in [0.1, 0.15) is 5.60 Å². The molecular formula is C11H10O. The molecule has 0 aromatic rings. The van der Waals surface area contributed by atoms with Crippen molar-refractivity contribution in [2.75, 3.05) is 0 Å². The van der Waals surface area contributed by atoms with Gasteiger partial charge in [0.15, 0.2) is 0 Å². The Hall–Kier alpha value is -1.24. The van der Waals surface area contributed by atoms with Crippen molar-refractivity contribution in [2.45, 2.75) is 12.0 Å². The van der Waals surface area contributed by atoms with Crippen molar-refractivity contribution in [3.8, 4) is 0 Å². The van der Waals surface area contributed by atoms with Crippen molar-refractivity contribution in [2.24, 2.45) is 5.41 Å². The number of hydrogen-bond donors (Lipinski definition) is 0. The van der Waals surface area contributed by atoms with E-state index in [2.05, 4.69) is 42.5 Å². The smallest absolute Gasteiger partial charge is 0.146 e. The molecule has 0 spiro atoms. The molecule has 0 amide bonds. The van der Waals surface area contributed by atoms with E-state index in [0.717, 1.165) is 6.42 Å². The molecule has 12 heavy (non-hydrogen) atoms. The van der Waals surface area contributed by atoms with E-state index < -0.39 is 0 Å². The van der Waals surface area contributed by atoms with E-state index in [0.29, 0.717) is 0 Å². The average Bonchev–Trinajstić information content (AvgIpc) is 2.57. The molecular weight excluding hydrogens is 148 g/mol. The van der Waals surface area contributed by atoms with Crippen LogP contribution in [0.2, 0.25) is 0 Å². The van der Waals surface area contributed by atoms with E-state index in [1.165, 1.54) is 0 Å². The molecule has 2 aliphatic carbocycles. The molecule has 0 radical (unpaired) electrons. The van der Waals surface area contributed by atoms with Gasteiger partial charge in [0, 0.05) is 6.42 Å². The van der Waals surface area contributed by atoms with Crippen LogP contribution >= 0.6 is 0 Å². The van der Waals surface area contributed by atoms with Crippen molar-refractivity contribution in [1.29, 1.82) is 0 Å². The minimum absolute atomic E-state index is 0.0295. The molecule has 0 aromatic heterocycles. The largest absolute Gasteiger partial charge is 0.489 e. The maximum atomic E-state index is 5.68. The first-order valence-electron chi connectivity index (χ1n) is 4.27. The fraction of sp³-hybridized carbons (Fsp3) is 0.273. The number of ether oxygens (including phenoxy) is 1. The van der Waals surface area contributed by atoms with E-state index in [-0.39, 0.29) is 11.0 Å². The quantitative estimate of drug-likeness (QED) is 0.492. The molecule has 2 unspecified atom stereocenters. The van der Waals surface area contributed by atoms with Crippen molar-refractivity contribution >= 4 is 0 Å². The monoisotopic (exact) mass is 158 g/mol. The van der Waals surface area contributed by atoms with Crippen molar-refractivity contribution in [3.05, 3.63) is 48.8 Å². The third kappa shape index (κ3) is 0.492. The van der Waals surface area contributed by atoms with E-state index in [9.17, 15) is 0 Å². The van der Waals surface area contributed by atoms with Gasteiger partial charge in [-0.15, -0.1) is 0 Å². The standard InChI is InChI=1S/C11H10O/c1-2-6-11-7-3-5-10(11,4-1)8-9-12-11/h1-6,8-9H,7H2. The Kier molecular flexibility index (Phi) is 0.912. The molecule has 0 saturated carbocycles. The van der Waals surface area contributed by atoms with Crippen molar-refractivity contribution < 1.29 is 4.74 Å². The average molecular weight is 158 g/mol. The van der Waals surface area contributed by atoms with Crippen LogP contribution in [0.25, 0.3) is 0 Å². The zero-order chi connectivity index (χ0) is 8.07. The summed E-state index contributed by atoms with van der Waals surface area (Å²) in [5.74, 6) is 0. The number of allylic oxidation sites excluding steroid dienone is 2. The Labute approximate surface area is 71.7 Å². The Morgan fingerprint density at radius 2 is 1.92 bits per heavy atom. The lowest BCUT2D eigenvalue weighted by Gasteiger charge is -2.35. The molecule has 3 aliphatic rings. The highest BCUT2D eigenvalue weighted by Crippen LogP contribution is 2.52. The normalized spacial score (nSPS) is 46.0. The van der Waals surface area contributed by atoms with Crippen LogP contribution < -0.4 is 0 Å². The Morgan fingerprint density at radius 3 is 2.83 bits per heavy atom. The predicted molar refractivity (Wildman–Crippen MR) is 47.4 cm³/mol. The lowest BCUT2D eigenvalue weighted by atomic mass is 9.73. The first-order valence-corrected chi connectivity index (χ1v) is 4.27. The van der Waals surface area contributed by atoms with Crippen molar-refractivity contribution in [1.82, 2.24) is 0 Å². The zero-order valence-corrected chi connectivity index (χ0v) is 6.73. The SMILES string of the molecule is C1=CC23C=CCC2(C=C1)OC=C3. The van der Waals surface area contributed by atoms with Gasteiger partial charge in [0.2, 0.25) is 0 Å². The summed E-state index contributed by atoms with van der Waals surface area (Å²) in [6.07, 6.45) is 17.9. The molecule has 0 saturated heterocycles. The van der Waals surface area contributed by atoms with E-state index in [4.69, 9.17) is 4.74 Å². The third-order valence-corrected chi connectivity index (χ3v) is 3.02. The summed E-state index contributed by atoms with van der Waals surface area (Å²) in [6.45, 7) is 0. The van der Waals surface area contributed by atoms with Crippen LogP contribution in [-0.4, -0.2) is 5.60 Å². The van der Waals surface area contributed by atoms with Gasteiger partial charge in [0.05, 0.1) is 11.7 Å². The van der Waals surface area contributed by atoms with E-state index in [1.807, 2.05) is 6.26 Å². The highest BCUT2D eigenvalue weighted by Gasteiger charge is 2.52. The summed E-state index contributed by atoms with van der Waals surface area (Å²) >= 11 is 0. The summed E-state index contributed by atoms with van der Waals surface area (Å²) in [7, 11) is 0. The molecule has 1 heterocycles. The topological polar surface area (TPSA) is 9.23 Å². The molecule has 2 atom stereocenters. The molecule has 1 aliphatic heterocycles. The van der Waals surface area contributed by atoms with E-state index >= 15 is 0 Å². The molecule has 60 valence electrons.